The second kappa shape index (κ2) is 4.44. The Hall–Kier alpha value is -0.630. The fraction of sp³-hybridized carbons (Fsp3) is 0.842. The smallest absolute Gasteiger partial charge is 0.155 e. The Morgan fingerprint density at radius 1 is 1.05 bits per heavy atom. The third kappa shape index (κ3) is 1.78. The number of hydrogen-bond donors (Lipinski definition) is 1. The predicted octanol–water partition coefficient (Wildman–Crippen LogP) is 3.85. The van der Waals surface area contributed by atoms with Gasteiger partial charge in [0.1, 0.15) is 0 Å². The molecule has 0 amide bonds. The molecule has 4 aliphatic carbocycles. The van der Waals surface area contributed by atoms with Crippen LogP contribution < -0.4 is 5.73 Å². The first-order valence-electron chi connectivity index (χ1n) is 8.94. The number of carbonyl (C=O) groups excluding carboxylic acids is 1. The van der Waals surface area contributed by atoms with E-state index >= 15 is 0 Å². The molecule has 6 atom stereocenters. The molecule has 21 heavy (non-hydrogen) atoms. The fourth-order valence-corrected chi connectivity index (χ4v) is 6.60. The lowest BCUT2D eigenvalue weighted by Gasteiger charge is -2.57. The normalized spacial score (nSPS) is 52.7. The average molecular weight is 287 g/mol. The second-order valence-electron chi connectivity index (χ2n) is 8.70. The quantitative estimate of drug-likeness (QED) is 0.735. The Morgan fingerprint density at radius 2 is 1.86 bits per heavy atom. The van der Waals surface area contributed by atoms with Crippen LogP contribution in [0.5, 0.6) is 0 Å². The van der Waals surface area contributed by atoms with E-state index in [1.165, 1.54) is 37.7 Å². The molecule has 0 bridgehead atoms. The van der Waals surface area contributed by atoms with Gasteiger partial charge in [-0.3, -0.25) is 4.79 Å². The topological polar surface area (TPSA) is 43.1 Å². The first kappa shape index (κ1) is 14.0. The highest BCUT2D eigenvalue weighted by Gasteiger charge is 2.58. The summed E-state index contributed by atoms with van der Waals surface area (Å²) in [7, 11) is 0. The van der Waals surface area contributed by atoms with E-state index < -0.39 is 0 Å². The maximum absolute atomic E-state index is 11.8. The lowest BCUT2D eigenvalue weighted by molar-refractivity contribution is -0.117. The van der Waals surface area contributed by atoms with Crippen LogP contribution >= 0.6 is 0 Å². The van der Waals surface area contributed by atoms with E-state index in [4.69, 9.17) is 5.73 Å². The molecule has 0 aliphatic heterocycles. The molecular formula is C19H29NO. The number of hydrogen-bond acceptors (Lipinski definition) is 2. The van der Waals surface area contributed by atoms with Gasteiger partial charge in [0.25, 0.3) is 0 Å². The summed E-state index contributed by atoms with van der Waals surface area (Å²) in [5.41, 5.74) is 8.65. The summed E-state index contributed by atoms with van der Waals surface area (Å²) in [5, 5.41) is 0. The van der Waals surface area contributed by atoms with Gasteiger partial charge in [0.05, 0.1) is 0 Å². The van der Waals surface area contributed by atoms with Gasteiger partial charge >= 0.3 is 0 Å². The van der Waals surface area contributed by atoms with Crippen LogP contribution in [-0.2, 0) is 4.79 Å². The van der Waals surface area contributed by atoms with Crippen molar-refractivity contribution in [2.75, 3.05) is 0 Å². The van der Waals surface area contributed by atoms with Crippen LogP contribution in [0.1, 0.15) is 65.2 Å². The average Bonchev–Trinajstić information content (AvgIpc) is 2.76. The van der Waals surface area contributed by atoms with Crippen molar-refractivity contribution in [3.05, 3.63) is 11.6 Å². The molecule has 4 rings (SSSR count). The molecular weight excluding hydrogens is 258 g/mol. The van der Waals surface area contributed by atoms with Crippen molar-refractivity contribution in [3.8, 4) is 0 Å². The summed E-state index contributed by atoms with van der Waals surface area (Å²) in [4.78, 5) is 11.8. The monoisotopic (exact) mass is 287 g/mol. The third-order valence-corrected chi connectivity index (χ3v) is 8.04. The van der Waals surface area contributed by atoms with Gasteiger partial charge in [-0.1, -0.05) is 19.4 Å². The Balaban J connectivity index is 1.69. The summed E-state index contributed by atoms with van der Waals surface area (Å²) >= 11 is 0. The van der Waals surface area contributed by atoms with Crippen LogP contribution in [-0.4, -0.2) is 11.8 Å². The van der Waals surface area contributed by atoms with Gasteiger partial charge in [0.15, 0.2) is 5.78 Å². The number of carbonyl (C=O) groups is 1. The van der Waals surface area contributed by atoms with E-state index in [1.54, 1.807) is 0 Å². The number of fused-ring (bicyclic) bond motifs is 5. The highest BCUT2D eigenvalue weighted by molar-refractivity contribution is 5.91. The van der Waals surface area contributed by atoms with Crippen molar-refractivity contribution in [2.45, 2.75) is 71.3 Å². The predicted molar refractivity (Wildman–Crippen MR) is 84.7 cm³/mol. The standard InChI is InChI=1S/C19H29NO/c1-18-9-7-13(21)11-12(18)3-4-14-15-5-6-17(20)19(15,2)10-8-16(14)18/h11,14-17H,3-10,20H2,1-2H3/t14-,15-,16-,17-,18-,19-/m0/s1. The molecule has 2 N–H and O–H groups in total. The van der Waals surface area contributed by atoms with Crippen molar-refractivity contribution in [2.24, 2.45) is 34.3 Å². The minimum atomic E-state index is 0.310. The maximum atomic E-state index is 11.8. The number of allylic oxidation sites excluding steroid dienone is 1. The molecule has 0 aromatic carbocycles. The fourth-order valence-electron chi connectivity index (χ4n) is 6.60. The van der Waals surface area contributed by atoms with E-state index in [0.29, 0.717) is 22.7 Å². The van der Waals surface area contributed by atoms with E-state index in [1.807, 2.05) is 6.08 Å². The minimum absolute atomic E-state index is 0.310. The summed E-state index contributed by atoms with van der Waals surface area (Å²) in [6.45, 7) is 4.92. The molecule has 2 nitrogen and oxygen atoms in total. The SMILES string of the molecule is C[C@]12CC[C@H]3[C@@H](CCC4=CC(=O)CC[C@@]43C)[C@@H]1CC[C@@H]2N. The van der Waals surface area contributed by atoms with Gasteiger partial charge in [-0.05, 0) is 79.6 Å². The van der Waals surface area contributed by atoms with Gasteiger partial charge in [-0.25, -0.2) is 0 Å². The molecule has 4 aliphatic rings. The zero-order valence-electron chi connectivity index (χ0n) is 13.5. The highest BCUT2D eigenvalue weighted by atomic mass is 16.1. The summed E-state index contributed by atoms with van der Waals surface area (Å²) in [6, 6.07) is 0.418. The molecule has 116 valence electrons. The van der Waals surface area contributed by atoms with Gasteiger partial charge in [0, 0.05) is 12.5 Å². The van der Waals surface area contributed by atoms with Crippen molar-refractivity contribution in [1.29, 1.82) is 0 Å². The number of nitrogens with two attached hydrogens (primary N) is 1. The van der Waals surface area contributed by atoms with Gasteiger partial charge in [-0.2, -0.15) is 0 Å². The van der Waals surface area contributed by atoms with E-state index in [-0.39, 0.29) is 0 Å². The Labute approximate surface area is 128 Å². The zero-order chi connectivity index (χ0) is 14.8. The van der Waals surface area contributed by atoms with Crippen molar-refractivity contribution < 1.29 is 4.79 Å². The minimum Gasteiger partial charge on any atom is -0.327 e. The molecule has 0 aromatic heterocycles. The highest BCUT2D eigenvalue weighted by Crippen LogP contribution is 2.64. The molecule has 0 spiro atoms. The van der Waals surface area contributed by atoms with Crippen molar-refractivity contribution in [3.63, 3.8) is 0 Å². The molecule has 2 heteroatoms. The summed E-state index contributed by atoms with van der Waals surface area (Å²) in [6.07, 6.45) is 11.5. The molecule has 3 saturated carbocycles. The van der Waals surface area contributed by atoms with Crippen molar-refractivity contribution in [1.82, 2.24) is 0 Å². The van der Waals surface area contributed by atoms with Crippen LogP contribution in [0.15, 0.2) is 11.6 Å². The lowest BCUT2D eigenvalue weighted by Crippen LogP contribution is -2.52. The maximum Gasteiger partial charge on any atom is 0.155 e. The van der Waals surface area contributed by atoms with Crippen LogP contribution in [0.3, 0.4) is 0 Å². The van der Waals surface area contributed by atoms with Gasteiger partial charge in [0.2, 0.25) is 0 Å². The van der Waals surface area contributed by atoms with Gasteiger partial charge < -0.3 is 5.73 Å². The molecule has 0 saturated heterocycles. The van der Waals surface area contributed by atoms with E-state index in [0.717, 1.165) is 37.0 Å². The van der Waals surface area contributed by atoms with Crippen LogP contribution in [0, 0.1) is 28.6 Å². The lowest BCUT2D eigenvalue weighted by atomic mass is 9.47. The Bertz CT molecular complexity index is 510. The van der Waals surface area contributed by atoms with Crippen LogP contribution in [0.25, 0.3) is 0 Å². The van der Waals surface area contributed by atoms with Crippen molar-refractivity contribution >= 4 is 5.78 Å². The summed E-state index contributed by atoms with van der Waals surface area (Å²) < 4.78 is 0. The molecule has 0 aromatic rings. The molecule has 3 fully saturated rings. The molecule has 0 heterocycles. The van der Waals surface area contributed by atoms with Gasteiger partial charge in [-0.15, -0.1) is 0 Å². The largest absolute Gasteiger partial charge is 0.327 e. The number of rotatable bonds is 0. The Kier molecular flexibility index (Phi) is 2.96. The first-order valence-corrected chi connectivity index (χ1v) is 8.94. The number of ketones is 1. The summed E-state index contributed by atoms with van der Waals surface area (Å²) in [5.74, 6) is 2.85. The third-order valence-electron chi connectivity index (χ3n) is 8.04. The second-order valence-corrected chi connectivity index (χ2v) is 8.70. The van der Waals surface area contributed by atoms with Crippen LogP contribution in [0.2, 0.25) is 0 Å². The van der Waals surface area contributed by atoms with E-state index in [9.17, 15) is 4.79 Å². The van der Waals surface area contributed by atoms with E-state index in [2.05, 4.69) is 13.8 Å². The van der Waals surface area contributed by atoms with Crippen LogP contribution in [0.4, 0.5) is 0 Å². The Morgan fingerprint density at radius 3 is 2.67 bits per heavy atom. The zero-order valence-corrected chi connectivity index (χ0v) is 13.5. The first-order chi connectivity index (χ1) is 9.95. The molecule has 0 unspecified atom stereocenters. The molecule has 0 radical (unpaired) electrons.